The van der Waals surface area contributed by atoms with E-state index in [2.05, 4.69) is 36.9 Å². The molecule has 0 saturated carbocycles. The lowest BCUT2D eigenvalue weighted by atomic mass is 10.0. The summed E-state index contributed by atoms with van der Waals surface area (Å²) >= 11 is 0. The SMILES string of the molecule is CC.Cc1nc(N/N=C/c2ccc(Nc3cccc(C(F)(F)F)c3)cn2)nc2cc(-c3ccccc3)ccc12. The van der Waals surface area contributed by atoms with Gasteiger partial charge in [0.2, 0.25) is 5.95 Å². The highest BCUT2D eigenvalue weighted by Crippen LogP contribution is 2.31. The number of benzene rings is 3. The molecule has 6 nitrogen and oxygen atoms in total. The van der Waals surface area contributed by atoms with Gasteiger partial charge in [-0.1, -0.05) is 62.4 Å². The van der Waals surface area contributed by atoms with Crippen LogP contribution in [-0.2, 0) is 6.18 Å². The first kappa shape index (κ1) is 27.3. The highest BCUT2D eigenvalue weighted by Gasteiger charge is 2.30. The smallest absolute Gasteiger partial charge is 0.354 e. The first-order valence-electron chi connectivity index (χ1n) is 12.4. The Morgan fingerprint density at radius 2 is 1.59 bits per heavy atom. The number of rotatable bonds is 6. The van der Waals surface area contributed by atoms with Gasteiger partial charge in [-0.05, 0) is 54.4 Å². The minimum Gasteiger partial charge on any atom is -0.354 e. The lowest BCUT2D eigenvalue weighted by Gasteiger charge is -2.10. The molecule has 9 heteroatoms. The molecule has 0 amide bonds. The van der Waals surface area contributed by atoms with Crippen LogP contribution >= 0.6 is 0 Å². The number of nitrogens with one attached hydrogen (secondary N) is 2. The average molecular weight is 529 g/mol. The van der Waals surface area contributed by atoms with E-state index in [0.717, 1.165) is 39.9 Å². The second-order valence-corrected chi connectivity index (χ2v) is 8.28. The van der Waals surface area contributed by atoms with Crippen molar-refractivity contribution < 1.29 is 13.2 Å². The Morgan fingerprint density at radius 3 is 2.31 bits per heavy atom. The summed E-state index contributed by atoms with van der Waals surface area (Å²) in [5, 5.41) is 8.07. The summed E-state index contributed by atoms with van der Waals surface area (Å²) < 4.78 is 38.8. The van der Waals surface area contributed by atoms with Crippen LogP contribution in [0.25, 0.3) is 22.0 Å². The topological polar surface area (TPSA) is 75.1 Å². The van der Waals surface area contributed by atoms with E-state index in [0.29, 0.717) is 23.0 Å². The predicted molar refractivity (Wildman–Crippen MR) is 151 cm³/mol. The monoisotopic (exact) mass is 528 g/mol. The van der Waals surface area contributed by atoms with Gasteiger partial charge in [-0.2, -0.15) is 18.3 Å². The largest absolute Gasteiger partial charge is 0.416 e. The van der Waals surface area contributed by atoms with E-state index in [1.807, 2.05) is 63.2 Å². The van der Waals surface area contributed by atoms with Crippen LogP contribution in [0.15, 0.2) is 96.2 Å². The lowest BCUT2D eigenvalue weighted by Crippen LogP contribution is -2.05. The number of aromatic nitrogens is 3. The van der Waals surface area contributed by atoms with Crippen LogP contribution < -0.4 is 10.7 Å². The maximum atomic E-state index is 12.9. The quantitative estimate of drug-likeness (QED) is 0.171. The number of hydrazone groups is 1. The maximum Gasteiger partial charge on any atom is 0.416 e. The molecule has 2 heterocycles. The van der Waals surface area contributed by atoms with E-state index >= 15 is 0 Å². The summed E-state index contributed by atoms with van der Waals surface area (Å²) in [6.07, 6.45) is -1.37. The molecule has 198 valence electrons. The van der Waals surface area contributed by atoms with Gasteiger partial charge in [0, 0.05) is 11.1 Å². The molecular formula is C30H27F3N6. The zero-order chi connectivity index (χ0) is 27.8. The van der Waals surface area contributed by atoms with E-state index in [9.17, 15) is 13.2 Å². The number of anilines is 3. The molecule has 0 aliphatic carbocycles. The third-order valence-corrected chi connectivity index (χ3v) is 5.62. The molecule has 0 unspecified atom stereocenters. The maximum absolute atomic E-state index is 12.9. The van der Waals surface area contributed by atoms with Gasteiger partial charge in [0.15, 0.2) is 0 Å². The Morgan fingerprint density at radius 1 is 0.795 bits per heavy atom. The van der Waals surface area contributed by atoms with E-state index in [4.69, 9.17) is 0 Å². The summed E-state index contributed by atoms with van der Waals surface area (Å²) in [6.45, 7) is 5.92. The molecule has 0 saturated heterocycles. The van der Waals surface area contributed by atoms with E-state index in [1.165, 1.54) is 18.5 Å². The van der Waals surface area contributed by atoms with Crippen molar-refractivity contribution in [3.8, 4) is 11.1 Å². The van der Waals surface area contributed by atoms with Crippen LogP contribution in [0.4, 0.5) is 30.5 Å². The normalized spacial score (nSPS) is 11.2. The van der Waals surface area contributed by atoms with Crippen LogP contribution in [0.5, 0.6) is 0 Å². The van der Waals surface area contributed by atoms with Gasteiger partial charge in [-0.25, -0.2) is 15.4 Å². The van der Waals surface area contributed by atoms with Gasteiger partial charge in [0.25, 0.3) is 0 Å². The first-order chi connectivity index (χ1) is 18.8. The number of nitrogens with zero attached hydrogens (tertiary/aromatic N) is 4. The molecule has 5 rings (SSSR count). The zero-order valence-corrected chi connectivity index (χ0v) is 21.7. The number of halogens is 3. The third-order valence-electron chi connectivity index (χ3n) is 5.62. The summed E-state index contributed by atoms with van der Waals surface area (Å²) in [4.78, 5) is 13.3. The van der Waals surface area contributed by atoms with E-state index in [-0.39, 0.29) is 0 Å². The average Bonchev–Trinajstić information content (AvgIpc) is 2.95. The number of fused-ring (bicyclic) bond motifs is 1. The molecule has 0 atom stereocenters. The van der Waals surface area contributed by atoms with Crippen LogP contribution in [0.3, 0.4) is 0 Å². The number of aryl methyl sites for hydroxylation is 1. The second kappa shape index (κ2) is 12.2. The second-order valence-electron chi connectivity index (χ2n) is 8.28. The van der Waals surface area contributed by atoms with Crippen LogP contribution in [-0.4, -0.2) is 21.2 Å². The minimum absolute atomic E-state index is 0.318. The van der Waals surface area contributed by atoms with Crippen molar-refractivity contribution in [2.24, 2.45) is 5.10 Å². The fourth-order valence-corrected chi connectivity index (χ4v) is 3.80. The van der Waals surface area contributed by atoms with Crippen molar-refractivity contribution in [2.75, 3.05) is 10.7 Å². The molecule has 2 aromatic heterocycles. The zero-order valence-electron chi connectivity index (χ0n) is 21.7. The first-order valence-corrected chi connectivity index (χ1v) is 12.4. The summed E-state index contributed by atoms with van der Waals surface area (Å²) in [5.74, 6) is 0.356. The Hall–Kier alpha value is -4.79. The van der Waals surface area contributed by atoms with Crippen LogP contribution in [0.2, 0.25) is 0 Å². The summed E-state index contributed by atoms with van der Waals surface area (Å²) in [6, 6.07) is 24.5. The lowest BCUT2D eigenvalue weighted by molar-refractivity contribution is -0.137. The van der Waals surface area contributed by atoms with E-state index < -0.39 is 11.7 Å². The summed E-state index contributed by atoms with van der Waals surface area (Å²) in [7, 11) is 0. The predicted octanol–water partition coefficient (Wildman–Crippen LogP) is 8.23. The van der Waals surface area contributed by atoms with Crippen molar-refractivity contribution in [1.82, 2.24) is 15.0 Å². The Kier molecular flexibility index (Phi) is 8.50. The fourth-order valence-electron chi connectivity index (χ4n) is 3.80. The van der Waals surface area contributed by atoms with Crippen LogP contribution in [0.1, 0.15) is 30.8 Å². The molecule has 0 radical (unpaired) electrons. The molecule has 0 fully saturated rings. The number of hydrogen-bond acceptors (Lipinski definition) is 6. The van der Waals surface area contributed by atoms with Crippen molar-refractivity contribution in [2.45, 2.75) is 26.9 Å². The molecule has 3 aromatic carbocycles. The Balaban J connectivity index is 0.00000172. The van der Waals surface area contributed by atoms with Gasteiger partial charge in [0.1, 0.15) is 0 Å². The molecule has 0 aliphatic rings. The molecule has 5 aromatic rings. The molecular weight excluding hydrogens is 501 g/mol. The molecule has 0 bridgehead atoms. The Bertz CT molecular complexity index is 1570. The molecule has 0 spiro atoms. The van der Waals surface area contributed by atoms with Crippen molar-refractivity contribution in [3.63, 3.8) is 0 Å². The Labute approximate surface area is 224 Å². The number of hydrogen-bond donors (Lipinski definition) is 2. The van der Waals surface area contributed by atoms with Gasteiger partial charge >= 0.3 is 6.18 Å². The summed E-state index contributed by atoms with van der Waals surface area (Å²) in [5.41, 5.74) is 7.33. The van der Waals surface area contributed by atoms with Crippen molar-refractivity contribution in [1.29, 1.82) is 0 Å². The minimum atomic E-state index is -4.40. The van der Waals surface area contributed by atoms with Gasteiger partial charge in [-0.15, -0.1) is 0 Å². The highest BCUT2D eigenvalue weighted by atomic mass is 19.4. The highest BCUT2D eigenvalue weighted by molar-refractivity contribution is 5.86. The standard InChI is InChI=1S/C28H21F3N6.C2H6/c1-18-25-13-10-20(19-6-3-2-4-7-19)14-26(25)36-27(34-18)37-33-17-23-11-12-24(16-32-23)35-22-9-5-8-21(15-22)28(29,30)31;1-2/h2-17,35H,1H3,(H,34,36,37);1-2H3/b33-17+;. The van der Waals surface area contributed by atoms with Crippen molar-refractivity contribution in [3.05, 3.63) is 108 Å². The molecule has 39 heavy (non-hydrogen) atoms. The number of alkyl halides is 3. The van der Waals surface area contributed by atoms with E-state index in [1.54, 1.807) is 18.2 Å². The molecule has 0 aliphatic heterocycles. The number of pyridine rings is 1. The van der Waals surface area contributed by atoms with Crippen molar-refractivity contribution >= 4 is 34.4 Å². The van der Waals surface area contributed by atoms with Gasteiger partial charge in [0.05, 0.1) is 40.6 Å². The molecule has 2 N–H and O–H groups in total. The van der Waals surface area contributed by atoms with Gasteiger partial charge < -0.3 is 5.32 Å². The third kappa shape index (κ3) is 6.95. The van der Waals surface area contributed by atoms with Gasteiger partial charge in [-0.3, -0.25) is 4.98 Å². The van der Waals surface area contributed by atoms with Crippen LogP contribution in [0, 0.1) is 6.92 Å². The fraction of sp³-hybridized carbons (Fsp3) is 0.133.